The van der Waals surface area contributed by atoms with Crippen molar-refractivity contribution in [2.24, 2.45) is 10.7 Å². The van der Waals surface area contributed by atoms with Crippen molar-refractivity contribution in [2.75, 3.05) is 19.5 Å². The molecule has 0 saturated heterocycles. The summed E-state index contributed by atoms with van der Waals surface area (Å²) < 4.78 is 29.6. The highest BCUT2D eigenvalue weighted by molar-refractivity contribution is 14.0. The van der Waals surface area contributed by atoms with Crippen LogP contribution in [0.25, 0.3) is 11.0 Å². The smallest absolute Gasteiger partial charge is 0.193 e. The molecule has 0 aliphatic heterocycles. The molecule has 0 radical (unpaired) electrons. The topological polar surface area (TPSA) is 82.0 Å². The summed E-state index contributed by atoms with van der Waals surface area (Å²) in [7, 11) is 3.15. The Hall–Kier alpha value is -2.49. The Kier molecular flexibility index (Phi) is 6.89. The van der Waals surface area contributed by atoms with Crippen LogP contribution in [0.1, 0.15) is 11.3 Å². The minimum absolute atomic E-state index is 0. The second kappa shape index (κ2) is 8.94. The molecule has 0 bridgehead atoms. The number of nitrogens with two attached hydrogens (primary N) is 1. The number of aryl methyl sites for hydroxylation is 1. The predicted octanol–water partition coefficient (Wildman–Crippen LogP) is 4.44. The number of nitrogens with zero attached hydrogens (tertiary/aromatic N) is 1. The van der Waals surface area contributed by atoms with Crippen molar-refractivity contribution in [1.29, 1.82) is 0 Å². The minimum atomic E-state index is -0.303. The maximum atomic E-state index is 13.4. The number of nitrogens with one attached hydrogen (secondary N) is 1. The molecular formula is C19H21FIN3O3. The fourth-order valence-electron chi connectivity index (χ4n) is 2.64. The molecule has 0 aliphatic rings. The molecule has 0 amide bonds. The summed E-state index contributed by atoms with van der Waals surface area (Å²) in [5.41, 5.74) is 8.08. The lowest BCUT2D eigenvalue weighted by atomic mass is 10.1. The molecule has 8 heteroatoms. The number of hydrogen-bond acceptors (Lipinski definition) is 4. The first-order valence-electron chi connectivity index (χ1n) is 7.98. The largest absolute Gasteiger partial charge is 0.497 e. The van der Waals surface area contributed by atoms with E-state index in [-0.39, 0.29) is 42.3 Å². The van der Waals surface area contributed by atoms with Crippen LogP contribution in [0.4, 0.5) is 10.1 Å². The molecule has 0 atom stereocenters. The van der Waals surface area contributed by atoms with Crippen molar-refractivity contribution in [3.05, 3.63) is 53.5 Å². The van der Waals surface area contributed by atoms with Crippen molar-refractivity contribution in [2.45, 2.75) is 13.5 Å². The first-order chi connectivity index (χ1) is 12.5. The van der Waals surface area contributed by atoms with E-state index < -0.39 is 0 Å². The van der Waals surface area contributed by atoms with Gasteiger partial charge in [-0.3, -0.25) is 0 Å². The highest BCUT2D eigenvalue weighted by Gasteiger charge is 2.11. The number of ether oxygens (including phenoxy) is 2. The Balaban J connectivity index is 0.00000261. The number of halogens is 2. The Morgan fingerprint density at radius 1 is 1.19 bits per heavy atom. The molecule has 3 rings (SSSR count). The zero-order chi connectivity index (χ0) is 18.7. The molecule has 0 spiro atoms. The fraction of sp³-hybridized carbons (Fsp3) is 0.211. The molecule has 3 aromatic rings. The second-order valence-corrected chi connectivity index (χ2v) is 5.68. The van der Waals surface area contributed by atoms with Crippen molar-refractivity contribution < 1.29 is 18.3 Å². The van der Waals surface area contributed by atoms with Crippen LogP contribution < -0.4 is 20.5 Å². The lowest BCUT2D eigenvalue weighted by molar-refractivity contribution is 0.405. The Bertz CT molecular complexity index is 972. The number of benzene rings is 2. The van der Waals surface area contributed by atoms with Gasteiger partial charge in [0.05, 0.1) is 19.9 Å². The molecule has 1 aromatic heterocycles. The lowest BCUT2D eigenvalue weighted by Gasteiger charge is -2.12. The molecule has 0 fully saturated rings. The molecule has 1 heterocycles. The number of hydrogen-bond donors (Lipinski definition) is 2. The van der Waals surface area contributed by atoms with Crippen molar-refractivity contribution in [3.8, 4) is 11.5 Å². The monoisotopic (exact) mass is 485 g/mol. The normalized spacial score (nSPS) is 11.2. The van der Waals surface area contributed by atoms with Gasteiger partial charge in [0.2, 0.25) is 0 Å². The number of furan rings is 1. The molecule has 3 N–H and O–H groups in total. The average Bonchev–Trinajstić information content (AvgIpc) is 2.95. The number of anilines is 1. The maximum Gasteiger partial charge on any atom is 0.193 e. The van der Waals surface area contributed by atoms with Crippen LogP contribution in [0.3, 0.4) is 0 Å². The summed E-state index contributed by atoms with van der Waals surface area (Å²) in [5.74, 6) is 1.80. The van der Waals surface area contributed by atoms with Crippen LogP contribution in [0.5, 0.6) is 11.5 Å². The summed E-state index contributed by atoms with van der Waals surface area (Å²) in [6, 6.07) is 9.73. The van der Waals surface area contributed by atoms with E-state index in [1.54, 1.807) is 38.5 Å². The van der Waals surface area contributed by atoms with Crippen LogP contribution >= 0.6 is 24.0 Å². The number of rotatable bonds is 5. The average molecular weight is 485 g/mol. The quantitative estimate of drug-likeness (QED) is 0.317. The van der Waals surface area contributed by atoms with E-state index in [1.807, 2.05) is 6.92 Å². The van der Waals surface area contributed by atoms with Gasteiger partial charge in [0.1, 0.15) is 35.2 Å². The molecular weight excluding hydrogens is 464 g/mol. The maximum absolute atomic E-state index is 13.4. The van der Waals surface area contributed by atoms with Gasteiger partial charge in [0, 0.05) is 17.0 Å². The zero-order valence-electron chi connectivity index (χ0n) is 15.2. The minimum Gasteiger partial charge on any atom is -0.497 e. The summed E-state index contributed by atoms with van der Waals surface area (Å²) in [5, 5.41) is 3.72. The van der Waals surface area contributed by atoms with Crippen molar-refractivity contribution >= 4 is 46.6 Å². The Morgan fingerprint density at radius 3 is 2.67 bits per heavy atom. The molecule has 0 aliphatic carbocycles. The SMILES string of the molecule is COc1ccc(OC)c(NC(N)=NCc2oc3ccc(F)cc3c2C)c1.I. The predicted molar refractivity (Wildman–Crippen MR) is 115 cm³/mol. The summed E-state index contributed by atoms with van der Waals surface area (Å²) in [6.45, 7) is 2.10. The van der Waals surface area contributed by atoms with E-state index in [4.69, 9.17) is 19.6 Å². The second-order valence-electron chi connectivity index (χ2n) is 5.68. The number of fused-ring (bicyclic) bond motifs is 1. The summed E-state index contributed by atoms with van der Waals surface area (Å²) in [6.07, 6.45) is 0. The molecule has 0 saturated carbocycles. The third-order valence-electron chi connectivity index (χ3n) is 4.06. The third kappa shape index (κ3) is 4.62. The van der Waals surface area contributed by atoms with E-state index in [0.717, 1.165) is 10.9 Å². The number of guanidine groups is 1. The van der Waals surface area contributed by atoms with Gasteiger partial charge in [0.15, 0.2) is 5.96 Å². The van der Waals surface area contributed by atoms with Gasteiger partial charge in [-0.25, -0.2) is 9.38 Å². The van der Waals surface area contributed by atoms with E-state index in [0.29, 0.717) is 28.5 Å². The number of methoxy groups -OCH3 is 2. The summed E-state index contributed by atoms with van der Waals surface area (Å²) in [4.78, 5) is 4.30. The van der Waals surface area contributed by atoms with Crippen LogP contribution in [0, 0.1) is 12.7 Å². The highest BCUT2D eigenvalue weighted by Crippen LogP contribution is 2.29. The molecule has 2 aromatic carbocycles. The first-order valence-corrected chi connectivity index (χ1v) is 7.98. The Morgan fingerprint density at radius 2 is 1.96 bits per heavy atom. The van der Waals surface area contributed by atoms with Gasteiger partial charge in [-0.05, 0) is 37.3 Å². The molecule has 0 unspecified atom stereocenters. The van der Waals surface area contributed by atoms with E-state index >= 15 is 0 Å². The molecule has 6 nitrogen and oxygen atoms in total. The summed E-state index contributed by atoms with van der Waals surface area (Å²) >= 11 is 0. The van der Waals surface area contributed by atoms with Gasteiger partial charge in [-0.15, -0.1) is 24.0 Å². The van der Waals surface area contributed by atoms with Gasteiger partial charge >= 0.3 is 0 Å². The van der Waals surface area contributed by atoms with Crippen LogP contribution in [0.15, 0.2) is 45.8 Å². The van der Waals surface area contributed by atoms with E-state index in [9.17, 15) is 4.39 Å². The van der Waals surface area contributed by atoms with Crippen LogP contribution in [-0.2, 0) is 6.54 Å². The van der Waals surface area contributed by atoms with E-state index in [2.05, 4.69) is 10.3 Å². The van der Waals surface area contributed by atoms with Gasteiger partial charge in [0.25, 0.3) is 0 Å². The standard InChI is InChI=1S/C19H20FN3O3.HI/c1-11-14-8-12(20)4-6-16(14)26-18(11)10-22-19(21)23-15-9-13(24-2)5-7-17(15)25-3;/h4-9H,10H2,1-3H3,(H3,21,22,23);1H. The van der Waals surface area contributed by atoms with E-state index in [1.165, 1.54) is 12.1 Å². The Labute approximate surface area is 173 Å². The van der Waals surface area contributed by atoms with Crippen molar-refractivity contribution in [3.63, 3.8) is 0 Å². The van der Waals surface area contributed by atoms with Crippen molar-refractivity contribution in [1.82, 2.24) is 0 Å². The fourth-order valence-corrected chi connectivity index (χ4v) is 2.64. The third-order valence-corrected chi connectivity index (χ3v) is 4.06. The van der Waals surface area contributed by atoms with Gasteiger partial charge < -0.3 is 24.9 Å². The lowest BCUT2D eigenvalue weighted by Crippen LogP contribution is -2.23. The van der Waals surface area contributed by atoms with Gasteiger partial charge in [-0.2, -0.15) is 0 Å². The molecule has 27 heavy (non-hydrogen) atoms. The van der Waals surface area contributed by atoms with Gasteiger partial charge in [-0.1, -0.05) is 0 Å². The van der Waals surface area contributed by atoms with Crippen LogP contribution in [0.2, 0.25) is 0 Å². The van der Waals surface area contributed by atoms with Crippen LogP contribution in [-0.4, -0.2) is 20.2 Å². The zero-order valence-corrected chi connectivity index (χ0v) is 17.5. The number of aliphatic imine (C=N–C) groups is 1. The molecule has 144 valence electrons. The first kappa shape index (κ1) is 20.8. The highest BCUT2D eigenvalue weighted by atomic mass is 127.